The van der Waals surface area contributed by atoms with Gasteiger partial charge < -0.3 is 10.1 Å². The van der Waals surface area contributed by atoms with Gasteiger partial charge >= 0.3 is 0 Å². The first kappa shape index (κ1) is 14.9. The van der Waals surface area contributed by atoms with Crippen molar-refractivity contribution >= 4 is 17.0 Å². The molecule has 0 saturated carbocycles. The third-order valence-corrected chi connectivity index (χ3v) is 4.77. The quantitative estimate of drug-likeness (QED) is 0.896. The van der Waals surface area contributed by atoms with Crippen molar-refractivity contribution in [3.05, 3.63) is 38.8 Å². The first-order valence-electron chi connectivity index (χ1n) is 6.78. The molecule has 1 N–H and O–H groups in total. The average Bonchev–Trinajstić information content (AvgIpc) is 2.73. The molecule has 2 aromatic rings. The van der Waals surface area contributed by atoms with Crippen LogP contribution in [0.2, 0.25) is 0 Å². The average molecular weight is 290 g/mol. The number of thiazole rings is 1. The van der Waals surface area contributed by atoms with Crippen LogP contribution in [0.1, 0.15) is 39.7 Å². The molecule has 0 aliphatic heterocycles. The van der Waals surface area contributed by atoms with Crippen molar-refractivity contribution in [2.75, 3.05) is 12.4 Å². The number of aromatic nitrogens is 1. The fourth-order valence-electron chi connectivity index (χ4n) is 2.55. The van der Waals surface area contributed by atoms with Gasteiger partial charge in [-0.1, -0.05) is 6.07 Å². The predicted molar refractivity (Wildman–Crippen MR) is 86.1 cm³/mol. The topological polar surface area (TPSA) is 34.1 Å². The van der Waals surface area contributed by atoms with Crippen molar-refractivity contribution in [1.82, 2.24) is 4.98 Å². The molecule has 0 aliphatic rings. The van der Waals surface area contributed by atoms with Crippen LogP contribution >= 0.6 is 11.3 Å². The summed E-state index contributed by atoms with van der Waals surface area (Å²) in [5.74, 6) is 0.958. The Balaban J connectivity index is 2.28. The Labute approximate surface area is 125 Å². The van der Waals surface area contributed by atoms with Gasteiger partial charge in [0.25, 0.3) is 0 Å². The first-order chi connectivity index (χ1) is 9.43. The van der Waals surface area contributed by atoms with Crippen molar-refractivity contribution in [3.63, 3.8) is 0 Å². The number of methoxy groups -OCH3 is 1. The summed E-state index contributed by atoms with van der Waals surface area (Å²) in [6.45, 7) is 10.4. The molecular formula is C16H22N2OS. The van der Waals surface area contributed by atoms with E-state index >= 15 is 0 Å². The van der Waals surface area contributed by atoms with Crippen LogP contribution in [0.3, 0.4) is 0 Å². The van der Waals surface area contributed by atoms with E-state index in [1.165, 1.54) is 4.88 Å². The van der Waals surface area contributed by atoms with E-state index in [-0.39, 0.29) is 6.04 Å². The second-order valence-electron chi connectivity index (χ2n) is 5.14. The van der Waals surface area contributed by atoms with Gasteiger partial charge in [0.2, 0.25) is 0 Å². The molecule has 1 atom stereocenters. The zero-order chi connectivity index (χ0) is 14.9. The molecule has 1 unspecified atom stereocenters. The fraction of sp³-hybridized carbons (Fsp3) is 0.438. The molecule has 0 amide bonds. The van der Waals surface area contributed by atoms with Crippen LogP contribution < -0.4 is 10.1 Å². The van der Waals surface area contributed by atoms with E-state index in [9.17, 15) is 0 Å². The van der Waals surface area contributed by atoms with Gasteiger partial charge in [-0.3, -0.25) is 0 Å². The van der Waals surface area contributed by atoms with Crippen LogP contribution in [0.4, 0.5) is 5.69 Å². The lowest BCUT2D eigenvalue weighted by atomic mass is 10.1. The summed E-state index contributed by atoms with van der Waals surface area (Å²) in [7, 11) is 1.72. The van der Waals surface area contributed by atoms with Crippen LogP contribution in [0, 0.1) is 27.7 Å². The molecule has 0 radical (unpaired) electrons. The van der Waals surface area contributed by atoms with Gasteiger partial charge in [-0.2, -0.15) is 0 Å². The first-order valence-corrected chi connectivity index (χ1v) is 7.60. The van der Waals surface area contributed by atoms with Crippen molar-refractivity contribution in [3.8, 4) is 5.75 Å². The van der Waals surface area contributed by atoms with Crippen LogP contribution in [0.5, 0.6) is 5.75 Å². The summed E-state index contributed by atoms with van der Waals surface area (Å²) in [5, 5.41) is 4.69. The minimum Gasteiger partial charge on any atom is -0.496 e. The smallest absolute Gasteiger partial charge is 0.126 e. The molecule has 1 aromatic heterocycles. The molecule has 20 heavy (non-hydrogen) atoms. The molecule has 108 valence electrons. The van der Waals surface area contributed by atoms with Gasteiger partial charge in [-0.05, 0) is 46.2 Å². The zero-order valence-electron chi connectivity index (χ0n) is 13.0. The molecule has 2 rings (SSSR count). The van der Waals surface area contributed by atoms with E-state index in [1.807, 2.05) is 6.92 Å². The minimum absolute atomic E-state index is 0.243. The van der Waals surface area contributed by atoms with Gasteiger partial charge in [0, 0.05) is 16.1 Å². The number of ether oxygens (including phenoxy) is 1. The number of aryl methyl sites for hydroxylation is 3. The molecule has 0 fully saturated rings. The maximum atomic E-state index is 5.48. The summed E-state index contributed by atoms with van der Waals surface area (Å²) in [6, 6.07) is 4.45. The summed E-state index contributed by atoms with van der Waals surface area (Å²) in [4.78, 5) is 5.79. The standard InChI is InChI=1S/C16H22N2OS/c1-9-7-8-14(10(2)15(9)19-6)18-12(4)16-11(3)17-13(5)20-16/h7-8,12,18H,1-6H3. The Morgan fingerprint density at radius 3 is 2.45 bits per heavy atom. The number of benzene rings is 1. The third-order valence-electron chi connectivity index (χ3n) is 3.51. The van der Waals surface area contributed by atoms with E-state index < -0.39 is 0 Å². The lowest BCUT2D eigenvalue weighted by Crippen LogP contribution is -2.08. The molecule has 0 saturated heterocycles. The number of nitrogens with zero attached hydrogens (tertiary/aromatic N) is 1. The van der Waals surface area contributed by atoms with Gasteiger partial charge in [-0.15, -0.1) is 11.3 Å². The minimum atomic E-state index is 0.243. The number of hydrogen-bond donors (Lipinski definition) is 1. The number of nitrogens with one attached hydrogen (secondary N) is 1. The number of rotatable bonds is 4. The van der Waals surface area contributed by atoms with Crippen LogP contribution in [0.15, 0.2) is 12.1 Å². The second-order valence-corrected chi connectivity index (χ2v) is 6.37. The second kappa shape index (κ2) is 5.83. The zero-order valence-corrected chi connectivity index (χ0v) is 13.8. The molecule has 3 nitrogen and oxygen atoms in total. The summed E-state index contributed by atoms with van der Waals surface area (Å²) in [5.41, 5.74) is 4.54. The van der Waals surface area contributed by atoms with Crippen molar-refractivity contribution in [1.29, 1.82) is 0 Å². The fourth-order valence-corrected chi connectivity index (χ4v) is 3.48. The Hall–Kier alpha value is -1.55. The summed E-state index contributed by atoms with van der Waals surface area (Å²) < 4.78 is 5.48. The molecule has 0 spiro atoms. The van der Waals surface area contributed by atoms with E-state index in [2.05, 4.69) is 50.1 Å². The van der Waals surface area contributed by atoms with E-state index in [0.717, 1.165) is 33.3 Å². The van der Waals surface area contributed by atoms with Crippen LogP contribution in [0.25, 0.3) is 0 Å². The van der Waals surface area contributed by atoms with Crippen molar-refractivity contribution in [2.45, 2.75) is 40.7 Å². The molecule has 1 aromatic carbocycles. The van der Waals surface area contributed by atoms with E-state index in [0.29, 0.717) is 0 Å². The van der Waals surface area contributed by atoms with Crippen LogP contribution in [-0.2, 0) is 0 Å². The number of anilines is 1. The highest BCUT2D eigenvalue weighted by molar-refractivity contribution is 7.11. The normalized spacial score (nSPS) is 12.3. The Kier molecular flexibility index (Phi) is 4.33. The van der Waals surface area contributed by atoms with Crippen LogP contribution in [-0.4, -0.2) is 12.1 Å². The highest BCUT2D eigenvalue weighted by Gasteiger charge is 2.15. The molecular weight excluding hydrogens is 268 g/mol. The molecule has 1 heterocycles. The van der Waals surface area contributed by atoms with E-state index in [1.54, 1.807) is 18.4 Å². The maximum Gasteiger partial charge on any atom is 0.126 e. The molecule has 0 bridgehead atoms. The summed E-state index contributed by atoms with van der Waals surface area (Å²) >= 11 is 1.76. The van der Waals surface area contributed by atoms with E-state index in [4.69, 9.17) is 4.74 Å². The monoisotopic (exact) mass is 290 g/mol. The van der Waals surface area contributed by atoms with Gasteiger partial charge in [0.15, 0.2) is 0 Å². The SMILES string of the molecule is COc1c(C)ccc(NC(C)c2sc(C)nc2C)c1C. The molecule has 4 heteroatoms. The van der Waals surface area contributed by atoms with Gasteiger partial charge in [0.1, 0.15) is 5.75 Å². The lowest BCUT2D eigenvalue weighted by molar-refractivity contribution is 0.409. The Bertz CT molecular complexity index is 619. The van der Waals surface area contributed by atoms with Gasteiger partial charge in [-0.25, -0.2) is 4.98 Å². The highest BCUT2D eigenvalue weighted by Crippen LogP contribution is 2.33. The largest absolute Gasteiger partial charge is 0.496 e. The lowest BCUT2D eigenvalue weighted by Gasteiger charge is -2.19. The Morgan fingerprint density at radius 2 is 1.90 bits per heavy atom. The number of hydrogen-bond acceptors (Lipinski definition) is 4. The van der Waals surface area contributed by atoms with Crippen molar-refractivity contribution in [2.24, 2.45) is 0 Å². The highest BCUT2D eigenvalue weighted by atomic mass is 32.1. The van der Waals surface area contributed by atoms with Gasteiger partial charge in [0.05, 0.1) is 23.9 Å². The summed E-state index contributed by atoms with van der Waals surface area (Å²) in [6.07, 6.45) is 0. The third kappa shape index (κ3) is 2.80. The van der Waals surface area contributed by atoms with Crippen molar-refractivity contribution < 1.29 is 4.74 Å². The maximum absolute atomic E-state index is 5.48. The predicted octanol–water partition coefficient (Wildman–Crippen LogP) is 4.56. The molecule has 0 aliphatic carbocycles. The Morgan fingerprint density at radius 1 is 1.20 bits per heavy atom.